The first-order valence-electron chi connectivity index (χ1n) is 9.41. The van der Waals surface area contributed by atoms with Crippen molar-refractivity contribution in [3.63, 3.8) is 0 Å². The topological polar surface area (TPSA) is 84.8 Å². The van der Waals surface area contributed by atoms with Crippen LogP contribution in [0.4, 0.5) is 20.3 Å². The van der Waals surface area contributed by atoms with E-state index in [2.05, 4.69) is 9.97 Å². The van der Waals surface area contributed by atoms with Crippen molar-refractivity contribution in [3.8, 4) is 11.6 Å². The van der Waals surface area contributed by atoms with Crippen LogP contribution in [0.15, 0.2) is 48.8 Å². The summed E-state index contributed by atoms with van der Waals surface area (Å²) in [7, 11) is 1.19. The molecule has 0 bridgehead atoms. The molecule has 0 saturated heterocycles. The zero-order chi connectivity index (χ0) is 22.5. The first kappa shape index (κ1) is 21.9. The van der Waals surface area contributed by atoms with E-state index in [9.17, 15) is 14.3 Å². The van der Waals surface area contributed by atoms with Crippen molar-refractivity contribution in [3.05, 3.63) is 71.6 Å². The Balaban J connectivity index is 2.20. The molecule has 0 aliphatic carbocycles. The van der Waals surface area contributed by atoms with Crippen molar-refractivity contribution in [2.45, 2.75) is 26.5 Å². The number of aromatic nitrogens is 2. The highest BCUT2D eigenvalue weighted by Gasteiger charge is 2.27. The minimum Gasteiger partial charge on any atom is -0.489 e. The molecule has 1 aromatic carbocycles. The zero-order valence-corrected chi connectivity index (χ0v) is 17.2. The average molecular weight is 429 g/mol. The first-order chi connectivity index (χ1) is 14.8. The van der Waals surface area contributed by atoms with E-state index in [1.807, 2.05) is 0 Å². The second-order valence-electron chi connectivity index (χ2n) is 6.87. The lowest BCUT2D eigenvalue weighted by atomic mass is 10.1. The Labute approximate surface area is 177 Å². The van der Waals surface area contributed by atoms with Gasteiger partial charge in [0.1, 0.15) is 0 Å². The van der Waals surface area contributed by atoms with E-state index in [4.69, 9.17) is 9.47 Å². The third-order valence-corrected chi connectivity index (χ3v) is 4.27. The summed E-state index contributed by atoms with van der Waals surface area (Å²) in [4.78, 5) is 21.0. The van der Waals surface area contributed by atoms with Crippen molar-refractivity contribution < 1.29 is 28.2 Å². The van der Waals surface area contributed by atoms with Crippen molar-refractivity contribution >= 4 is 17.5 Å². The molecule has 3 aromatic rings. The number of methoxy groups -OCH3 is 1. The lowest BCUT2D eigenvalue weighted by Crippen LogP contribution is -2.21. The monoisotopic (exact) mass is 429 g/mol. The molecule has 162 valence electrons. The lowest BCUT2D eigenvalue weighted by molar-refractivity contribution is 0.0697. The molecule has 9 heteroatoms. The number of carboxylic acid groups (broad SMARTS) is 1. The fourth-order valence-corrected chi connectivity index (χ4v) is 2.92. The Kier molecular flexibility index (Phi) is 6.64. The number of halogens is 2. The zero-order valence-electron chi connectivity index (χ0n) is 17.2. The average Bonchev–Trinajstić information content (AvgIpc) is 2.75. The number of hydrogen-bond donors (Lipinski definition) is 1. The maximum absolute atomic E-state index is 15.1. The Morgan fingerprint density at radius 3 is 2.58 bits per heavy atom. The molecule has 0 spiro atoms. The highest BCUT2D eigenvalue weighted by Crippen LogP contribution is 2.38. The molecule has 0 radical (unpaired) electrons. The van der Waals surface area contributed by atoms with Crippen molar-refractivity contribution in [1.82, 2.24) is 9.97 Å². The van der Waals surface area contributed by atoms with Crippen LogP contribution in [0.25, 0.3) is 0 Å². The lowest BCUT2D eigenvalue weighted by Gasteiger charge is -2.26. The molecule has 0 aliphatic rings. The maximum Gasteiger partial charge on any atom is 0.335 e. The first-order valence-corrected chi connectivity index (χ1v) is 9.41. The van der Waals surface area contributed by atoms with Gasteiger partial charge in [-0.1, -0.05) is 12.1 Å². The second-order valence-corrected chi connectivity index (χ2v) is 6.87. The van der Waals surface area contributed by atoms with Crippen LogP contribution in [-0.2, 0) is 6.54 Å². The molecule has 3 rings (SSSR count). The second kappa shape index (κ2) is 9.38. The van der Waals surface area contributed by atoms with Crippen LogP contribution in [0.5, 0.6) is 11.6 Å². The molecule has 0 aliphatic heterocycles. The van der Waals surface area contributed by atoms with E-state index in [-0.39, 0.29) is 29.9 Å². The highest BCUT2D eigenvalue weighted by molar-refractivity contribution is 5.89. The maximum atomic E-state index is 15.1. The summed E-state index contributed by atoms with van der Waals surface area (Å²) in [5.41, 5.74) is 0.962. The highest BCUT2D eigenvalue weighted by atomic mass is 19.2. The van der Waals surface area contributed by atoms with Gasteiger partial charge in [-0.3, -0.25) is 4.98 Å². The summed E-state index contributed by atoms with van der Waals surface area (Å²) in [5.74, 6) is -4.69. The standard InChI is InChI=1S/C22H21F2N3O4/c1-13(2)31-21-19(30-3)17(23)18(24)20(26-21)27(12-14-6-5-9-25-11-14)16-8-4-7-15(10-16)22(28)29/h4-11,13H,12H2,1-3H3,(H,28,29). The molecule has 1 N–H and O–H groups in total. The van der Waals surface area contributed by atoms with Crippen LogP contribution in [0.1, 0.15) is 29.8 Å². The fourth-order valence-electron chi connectivity index (χ4n) is 2.92. The number of rotatable bonds is 8. The van der Waals surface area contributed by atoms with E-state index in [0.29, 0.717) is 11.3 Å². The number of carbonyl (C=O) groups is 1. The van der Waals surface area contributed by atoms with Gasteiger partial charge in [-0.2, -0.15) is 13.8 Å². The molecule has 0 saturated carbocycles. The van der Waals surface area contributed by atoms with Gasteiger partial charge >= 0.3 is 5.97 Å². The van der Waals surface area contributed by atoms with E-state index >= 15 is 4.39 Å². The predicted octanol–water partition coefficient (Wildman–Crippen LogP) is 4.59. The van der Waals surface area contributed by atoms with Crippen LogP contribution in [0.3, 0.4) is 0 Å². The molecule has 7 nitrogen and oxygen atoms in total. The number of benzene rings is 1. The van der Waals surface area contributed by atoms with Crippen LogP contribution >= 0.6 is 0 Å². The number of ether oxygens (including phenoxy) is 2. The third-order valence-electron chi connectivity index (χ3n) is 4.27. The quantitative estimate of drug-likeness (QED) is 0.561. The molecule has 0 atom stereocenters. The Morgan fingerprint density at radius 2 is 1.97 bits per heavy atom. The summed E-state index contributed by atoms with van der Waals surface area (Å²) >= 11 is 0. The van der Waals surface area contributed by atoms with Gasteiger partial charge in [0.25, 0.3) is 5.88 Å². The van der Waals surface area contributed by atoms with E-state index in [0.717, 1.165) is 0 Å². The predicted molar refractivity (Wildman–Crippen MR) is 110 cm³/mol. The Morgan fingerprint density at radius 1 is 1.19 bits per heavy atom. The molecule has 2 heterocycles. The normalized spacial score (nSPS) is 10.8. The van der Waals surface area contributed by atoms with E-state index < -0.39 is 23.4 Å². The summed E-state index contributed by atoms with van der Waals surface area (Å²) in [6, 6.07) is 9.30. The smallest absolute Gasteiger partial charge is 0.335 e. The summed E-state index contributed by atoms with van der Waals surface area (Å²) in [6.07, 6.45) is 2.78. The number of aromatic carboxylic acids is 1. The molecule has 0 unspecified atom stereocenters. The molecule has 31 heavy (non-hydrogen) atoms. The van der Waals surface area contributed by atoms with Gasteiger partial charge in [-0.15, -0.1) is 0 Å². The number of anilines is 2. The Bertz CT molecular complexity index is 1080. The van der Waals surface area contributed by atoms with Crippen LogP contribution in [0.2, 0.25) is 0 Å². The third kappa shape index (κ3) is 4.88. The SMILES string of the molecule is COc1c(OC(C)C)nc(N(Cc2cccnc2)c2cccc(C(=O)O)c2)c(F)c1F. The van der Waals surface area contributed by atoms with Gasteiger partial charge in [0, 0.05) is 18.1 Å². The number of carboxylic acids is 1. The van der Waals surface area contributed by atoms with Crippen LogP contribution in [0, 0.1) is 11.6 Å². The van der Waals surface area contributed by atoms with Crippen molar-refractivity contribution in [1.29, 1.82) is 0 Å². The number of pyridine rings is 2. The van der Waals surface area contributed by atoms with Gasteiger partial charge in [-0.25, -0.2) is 4.79 Å². The van der Waals surface area contributed by atoms with Crippen molar-refractivity contribution in [2.24, 2.45) is 0 Å². The van der Waals surface area contributed by atoms with Gasteiger partial charge in [0.05, 0.1) is 25.3 Å². The number of hydrogen-bond acceptors (Lipinski definition) is 6. The molecular formula is C22H21F2N3O4. The van der Waals surface area contributed by atoms with Gasteiger partial charge in [0.15, 0.2) is 5.82 Å². The minimum atomic E-state index is -1.26. The molecular weight excluding hydrogens is 408 g/mol. The van der Waals surface area contributed by atoms with Gasteiger partial charge in [0.2, 0.25) is 17.4 Å². The summed E-state index contributed by atoms with van der Waals surface area (Å²) in [5, 5.41) is 9.35. The largest absolute Gasteiger partial charge is 0.489 e. The number of nitrogens with zero attached hydrogens (tertiary/aromatic N) is 3. The minimum absolute atomic E-state index is 0.0123. The van der Waals surface area contributed by atoms with Crippen molar-refractivity contribution in [2.75, 3.05) is 12.0 Å². The molecule has 0 amide bonds. The fraction of sp³-hybridized carbons (Fsp3) is 0.227. The van der Waals surface area contributed by atoms with Gasteiger partial charge < -0.3 is 19.5 Å². The Hall–Kier alpha value is -3.75. The van der Waals surface area contributed by atoms with E-state index in [1.54, 1.807) is 44.4 Å². The summed E-state index contributed by atoms with van der Waals surface area (Å²) in [6.45, 7) is 3.48. The van der Waals surface area contributed by atoms with Crippen LogP contribution < -0.4 is 14.4 Å². The molecule has 2 aromatic heterocycles. The molecule has 0 fully saturated rings. The van der Waals surface area contributed by atoms with Gasteiger partial charge in [-0.05, 0) is 43.7 Å². The van der Waals surface area contributed by atoms with Crippen LogP contribution in [-0.4, -0.2) is 34.3 Å². The van der Waals surface area contributed by atoms with E-state index in [1.165, 1.54) is 30.2 Å². The summed E-state index contributed by atoms with van der Waals surface area (Å²) < 4.78 is 40.5.